The molecule has 0 saturated heterocycles. The summed E-state index contributed by atoms with van der Waals surface area (Å²) in [4.78, 5) is 0. The molecule has 0 aromatic heterocycles. The van der Waals surface area contributed by atoms with Crippen molar-refractivity contribution in [2.75, 3.05) is 13.2 Å². The van der Waals surface area contributed by atoms with Crippen molar-refractivity contribution in [3.63, 3.8) is 0 Å². The minimum Gasteiger partial charge on any atom is -0.491 e. The van der Waals surface area contributed by atoms with Gasteiger partial charge in [0.2, 0.25) is 11.6 Å². The first-order valence-electron chi connectivity index (χ1n) is 13.3. The standard InChI is InChI=1S/C30H36F4O2/c1-3-5-18-36-26-17-15-24(28(32)30(26)34)22-12-8-20(9-13-22)19-6-10-21(11-7-19)23-14-16-25(35-4-2)29(33)27(23)31/h10,14-17,19-20,22H,3-9,11-13,18H2,1-2H3. The van der Waals surface area contributed by atoms with Crippen molar-refractivity contribution in [2.45, 2.75) is 77.6 Å². The zero-order chi connectivity index (χ0) is 25.7. The molecule has 2 aromatic rings. The maximum Gasteiger partial charge on any atom is 0.201 e. The summed E-state index contributed by atoms with van der Waals surface area (Å²) in [6.07, 6.45) is 9.79. The minimum atomic E-state index is -0.931. The van der Waals surface area contributed by atoms with Gasteiger partial charge in [0, 0.05) is 5.56 Å². The molecule has 0 aliphatic heterocycles. The Morgan fingerprint density at radius 1 is 0.750 bits per heavy atom. The molecule has 0 amide bonds. The summed E-state index contributed by atoms with van der Waals surface area (Å²) >= 11 is 0. The quantitative estimate of drug-likeness (QED) is 0.251. The summed E-state index contributed by atoms with van der Waals surface area (Å²) in [5, 5.41) is 0. The van der Waals surface area contributed by atoms with Gasteiger partial charge in [0.05, 0.1) is 13.2 Å². The van der Waals surface area contributed by atoms with Gasteiger partial charge in [-0.15, -0.1) is 0 Å². The molecule has 36 heavy (non-hydrogen) atoms. The molecule has 4 rings (SSSR count). The Balaban J connectivity index is 1.35. The van der Waals surface area contributed by atoms with Gasteiger partial charge >= 0.3 is 0 Å². The Kier molecular flexibility index (Phi) is 8.97. The van der Waals surface area contributed by atoms with Gasteiger partial charge in [-0.3, -0.25) is 0 Å². The van der Waals surface area contributed by atoms with Crippen LogP contribution < -0.4 is 9.47 Å². The normalized spacial score (nSPS) is 22.3. The Labute approximate surface area is 211 Å². The van der Waals surface area contributed by atoms with Crippen LogP contribution in [0.3, 0.4) is 0 Å². The van der Waals surface area contributed by atoms with Gasteiger partial charge in [0.1, 0.15) is 0 Å². The third kappa shape index (κ3) is 5.73. The van der Waals surface area contributed by atoms with E-state index in [2.05, 4.69) is 0 Å². The van der Waals surface area contributed by atoms with Crippen LogP contribution in [-0.2, 0) is 0 Å². The smallest absolute Gasteiger partial charge is 0.201 e. The summed E-state index contributed by atoms with van der Waals surface area (Å²) in [6, 6.07) is 6.35. The molecule has 1 saturated carbocycles. The van der Waals surface area contributed by atoms with Gasteiger partial charge in [-0.05, 0) is 105 Å². The first-order chi connectivity index (χ1) is 17.4. The molecule has 2 aliphatic carbocycles. The Morgan fingerprint density at radius 3 is 2.11 bits per heavy atom. The molecule has 0 spiro atoms. The molecule has 2 nitrogen and oxygen atoms in total. The van der Waals surface area contributed by atoms with Crippen LogP contribution in [0.4, 0.5) is 17.6 Å². The number of unbranched alkanes of at least 4 members (excludes halogenated alkanes) is 1. The second-order valence-corrected chi connectivity index (χ2v) is 10.0. The molecule has 0 N–H and O–H groups in total. The zero-order valence-corrected chi connectivity index (χ0v) is 21.2. The van der Waals surface area contributed by atoms with E-state index in [1.54, 1.807) is 25.1 Å². The molecule has 0 heterocycles. The summed E-state index contributed by atoms with van der Waals surface area (Å²) in [6.45, 7) is 4.42. The van der Waals surface area contributed by atoms with Gasteiger partial charge in [-0.25, -0.2) is 8.78 Å². The highest BCUT2D eigenvalue weighted by Crippen LogP contribution is 2.45. The fraction of sp³-hybridized carbons (Fsp3) is 0.533. The lowest BCUT2D eigenvalue weighted by molar-refractivity contribution is 0.218. The Hall–Kier alpha value is -2.50. The van der Waals surface area contributed by atoms with Crippen molar-refractivity contribution in [1.82, 2.24) is 0 Å². The van der Waals surface area contributed by atoms with E-state index >= 15 is 0 Å². The molecule has 1 fully saturated rings. The van der Waals surface area contributed by atoms with Crippen molar-refractivity contribution in [2.24, 2.45) is 11.8 Å². The maximum absolute atomic E-state index is 14.8. The Morgan fingerprint density at radius 2 is 1.44 bits per heavy atom. The van der Waals surface area contributed by atoms with E-state index in [1.165, 1.54) is 6.07 Å². The van der Waals surface area contributed by atoms with Gasteiger partial charge in [0.15, 0.2) is 23.1 Å². The highest BCUT2D eigenvalue weighted by Gasteiger charge is 2.32. The maximum atomic E-state index is 14.8. The number of hydrogen-bond donors (Lipinski definition) is 0. The number of benzene rings is 2. The molecule has 6 heteroatoms. The number of halogens is 4. The largest absolute Gasteiger partial charge is 0.491 e. The first-order valence-corrected chi connectivity index (χ1v) is 13.3. The zero-order valence-electron chi connectivity index (χ0n) is 21.2. The number of allylic oxidation sites excluding steroid dienone is 2. The van der Waals surface area contributed by atoms with Crippen molar-refractivity contribution >= 4 is 5.57 Å². The van der Waals surface area contributed by atoms with Gasteiger partial charge in [-0.1, -0.05) is 25.5 Å². The summed E-state index contributed by atoms with van der Waals surface area (Å²) < 4.78 is 68.8. The predicted octanol–water partition coefficient (Wildman–Crippen LogP) is 8.98. The lowest BCUT2D eigenvalue weighted by Gasteiger charge is -2.36. The molecule has 0 radical (unpaired) electrons. The lowest BCUT2D eigenvalue weighted by Crippen LogP contribution is -2.23. The van der Waals surface area contributed by atoms with Crippen LogP contribution in [0.15, 0.2) is 30.3 Å². The van der Waals surface area contributed by atoms with Crippen LogP contribution in [0, 0.1) is 35.1 Å². The molecule has 0 bridgehead atoms. The van der Waals surface area contributed by atoms with E-state index in [9.17, 15) is 17.6 Å². The van der Waals surface area contributed by atoms with Crippen LogP contribution in [0.25, 0.3) is 5.57 Å². The van der Waals surface area contributed by atoms with E-state index in [1.807, 2.05) is 13.0 Å². The summed E-state index contributed by atoms with van der Waals surface area (Å²) in [7, 11) is 0. The molecular weight excluding hydrogens is 468 g/mol. The summed E-state index contributed by atoms with van der Waals surface area (Å²) in [5.74, 6) is -2.51. The van der Waals surface area contributed by atoms with Crippen LogP contribution in [0.1, 0.15) is 88.7 Å². The van der Waals surface area contributed by atoms with Crippen molar-refractivity contribution < 1.29 is 27.0 Å². The topological polar surface area (TPSA) is 18.5 Å². The molecule has 1 atom stereocenters. The van der Waals surface area contributed by atoms with Crippen molar-refractivity contribution in [3.05, 3.63) is 64.7 Å². The van der Waals surface area contributed by atoms with Gasteiger partial charge < -0.3 is 9.47 Å². The molecule has 2 aromatic carbocycles. The third-order valence-electron chi connectivity index (χ3n) is 7.85. The first kappa shape index (κ1) is 26.6. The summed E-state index contributed by atoms with van der Waals surface area (Å²) in [5.41, 5.74) is 1.61. The molecule has 1 unspecified atom stereocenters. The predicted molar refractivity (Wildman–Crippen MR) is 134 cm³/mol. The fourth-order valence-electron chi connectivity index (χ4n) is 5.78. The number of ether oxygens (including phenoxy) is 2. The molecular formula is C30H36F4O2. The van der Waals surface area contributed by atoms with E-state index in [0.29, 0.717) is 36.0 Å². The fourth-order valence-corrected chi connectivity index (χ4v) is 5.78. The monoisotopic (exact) mass is 504 g/mol. The number of hydrogen-bond acceptors (Lipinski definition) is 2. The van der Waals surface area contributed by atoms with Crippen LogP contribution in [-0.4, -0.2) is 13.2 Å². The third-order valence-corrected chi connectivity index (χ3v) is 7.85. The van der Waals surface area contributed by atoms with Crippen LogP contribution >= 0.6 is 0 Å². The number of rotatable bonds is 9. The average Bonchev–Trinajstić information content (AvgIpc) is 2.90. The minimum absolute atomic E-state index is 0.00738. The van der Waals surface area contributed by atoms with Crippen molar-refractivity contribution in [3.8, 4) is 11.5 Å². The van der Waals surface area contributed by atoms with Crippen LogP contribution in [0.2, 0.25) is 0 Å². The molecule has 196 valence electrons. The van der Waals surface area contributed by atoms with E-state index in [4.69, 9.17) is 9.47 Å². The highest BCUT2D eigenvalue weighted by atomic mass is 19.2. The van der Waals surface area contributed by atoms with E-state index < -0.39 is 23.3 Å². The highest BCUT2D eigenvalue weighted by molar-refractivity contribution is 5.67. The SMILES string of the molecule is CCCCOc1ccc(C2CCC(C3CC=C(c4ccc(OCC)c(F)c4F)CC3)CC2)c(F)c1F. The Bertz CT molecular complexity index is 1070. The average molecular weight is 505 g/mol. The second-order valence-electron chi connectivity index (χ2n) is 10.0. The van der Waals surface area contributed by atoms with Gasteiger partial charge in [-0.2, -0.15) is 8.78 Å². The van der Waals surface area contributed by atoms with Crippen LogP contribution in [0.5, 0.6) is 11.5 Å². The lowest BCUT2D eigenvalue weighted by atomic mass is 9.70. The van der Waals surface area contributed by atoms with E-state index in [-0.39, 0.29) is 24.0 Å². The van der Waals surface area contributed by atoms with Gasteiger partial charge in [0.25, 0.3) is 0 Å². The second kappa shape index (κ2) is 12.2. The van der Waals surface area contributed by atoms with Crippen molar-refractivity contribution in [1.29, 1.82) is 0 Å². The molecule has 2 aliphatic rings. The van der Waals surface area contributed by atoms with E-state index in [0.717, 1.165) is 56.9 Å².